The third kappa shape index (κ3) is 4.05. The van der Waals surface area contributed by atoms with E-state index in [1.807, 2.05) is 5.43 Å². The summed E-state index contributed by atoms with van der Waals surface area (Å²) in [4.78, 5) is 11.5. The zero-order chi connectivity index (χ0) is 14.6. The summed E-state index contributed by atoms with van der Waals surface area (Å²) >= 11 is 0. The van der Waals surface area contributed by atoms with Crippen LogP contribution in [0.1, 0.15) is 15.9 Å². The van der Waals surface area contributed by atoms with E-state index in [0.29, 0.717) is 6.07 Å². The smallest absolute Gasteiger partial charge is 0.346 e. The molecule has 1 aromatic carbocycles. The number of alkyl halides is 5. The van der Waals surface area contributed by atoms with Crippen LogP contribution in [0.15, 0.2) is 18.2 Å². The Morgan fingerprint density at radius 2 is 1.95 bits per heavy atom. The number of rotatable bonds is 4. The van der Waals surface area contributed by atoms with E-state index in [1.54, 1.807) is 5.32 Å². The van der Waals surface area contributed by atoms with E-state index in [4.69, 9.17) is 5.84 Å². The summed E-state index contributed by atoms with van der Waals surface area (Å²) in [5, 5.41) is 1.80. The van der Waals surface area contributed by atoms with Crippen LogP contribution in [-0.2, 0) is 6.18 Å². The summed E-state index contributed by atoms with van der Waals surface area (Å²) in [6.07, 6.45) is -7.45. The molecule has 0 atom stereocenters. The molecule has 0 saturated carbocycles. The number of nitrogens with two attached hydrogens (primary N) is 1. The maximum atomic E-state index is 12.5. The molecule has 1 rings (SSSR count). The van der Waals surface area contributed by atoms with Crippen molar-refractivity contribution in [2.75, 3.05) is 12.0 Å². The van der Waals surface area contributed by atoms with Gasteiger partial charge < -0.3 is 10.7 Å². The van der Waals surface area contributed by atoms with Crippen LogP contribution in [0.25, 0.3) is 0 Å². The molecule has 4 nitrogen and oxygen atoms in total. The molecule has 1 aromatic rings. The Bertz CT molecular complexity index is 461. The number of anilines is 1. The number of nitrogens with one attached hydrogen (secondary N) is 2. The molecule has 0 saturated heterocycles. The minimum absolute atomic E-state index is 0.0974. The highest BCUT2D eigenvalue weighted by Crippen LogP contribution is 2.31. The van der Waals surface area contributed by atoms with Gasteiger partial charge in [0.15, 0.2) is 0 Å². The normalized spacial score (nSPS) is 11.5. The highest BCUT2D eigenvalue weighted by Gasteiger charge is 2.31. The molecule has 106 valence electrons. The number of hydrogen-bond acceptors (Lipinski definition) is 3. The number of halogens is 5. The molecule has 0 unspecified atom stereocenters. The first-order valence-electron chi connectivity index (χ1n) is 5.00. The first-order valence-corrected chi connectivity index (χ1v) is 5.00. The Hall–Kier alpha value is -1.90. The molecular weight excluding hydrogens is 273 g/mol. The SMILES string of the molecule is NNc1ccc(C(F)(F)F)cc1C(=O)NCC(F)F. The van der Waals surface area contributed by atoms with Gasteiger partial charge in [-0.2, -0.15) is 13.2 Å². The largest absolute Gasteiger partial charge is 0.416 e. The molecule has 0 fully saturated rings. The monoisotopic (exact) mass is 283 g/mol. The summed E-state index contributed by atoms with van der Waals surface area (Å²) in [7, 11) is 0. The number of amides is 1. The van der Waals surface area contributed by atoms with Gasteiger partial charge in [0.2, 0.25) is 0 Å². The van der Waals surface area contributed by atoms with Crippen molar-refractivity contribution in [2.24, 2.45) is 5.84 Å². The van der Waals surface area contributed by atoms with Crippen LogP contribution in [0.4, 0.5) is 27.6 Å². The van der Waals surface area contributed by atoms with E-state index in [-0.39, 0.29) is 5.69 Å². The fourth-order valence-electron chi connectivity index (χ4n) is 1.30. The quantitative estimate of drug-likeness (QED) is 0.450. The highest BCUT2D eigenvalue weighted by molar-refractivity contribution is 5.99. The van der Waals surface area contributed by atoms with Crippen molar-refractivity contribution in [1.29, 1.82) is 0 Å². The van der Waals surface area contributed by atoms with Gasteiger partial charge in [0, 0.05) is 0 Å². The van der Waals surface area contributed by atoms with Crippen LogP contribution < -0.4 is 16.6 Å². The van der Waals surface area contributed by atoms with Gasteiger partial charge in [-0.1, -0.05) is 0 Å². The summed E-state index contributed by atoms with van der Waals surface area (Å²) < 4.78 is 61.3. The first kappa shape index (κ1) is 15.2. The van der Waals surface area contributed by atoms with Crippen LogP contribution in [0.3, 0.4) is 0 Å². The molecule has 0 aliphatic heterocycles. The molecule has 1 amide bonds. The molecule has 0 aliphatic rings. The van der Waals surface area contributed by atoms with Gasteiger partial charge in [-0.15, -0.1) is 0 Å². The van der Waals surface area contributed by atoms with Gasteiger partial charge in [0.1, 0.15) is 0 Å². The number of benzene rings is 1. The summed E-state index contributed by atoms with van der Waals surface area (Å²) in [6.45, 7) is -0.959. The molecule has 19 heavy (non-hydrogen) atoms. The second kappa shape index (κ2) is 5.83. The van der Waals surface area contributed by atoms with E-state index in [1.165, 1.54) is 0 Å². The van der Waals surface area contributed by atoms with Crippen molar-refractivity contribution in [3.8, 4) is 0 Å². The Morgan fingerprint density at radius 3 is 2.42 bits per heavy atom. The van der Waals surface area contributed by atoms with Gasteiger partial charge in [-0.25, -0.2) is 8.78 Å². The fourth-order valence-corrected chi connectivity index (χ4v) is 1.30. The Labute approximate surface area is 104 Å². The predicted octanol–water partition coefficient (Wildman–Crippen LogP) is 1.99. The Morgan fingerprint density at radius 1 is 1.32 bits per heavy atom. The summed E-state index contributed by atoms with van der Waals surface area (Å²) in [5.74, 6) is 3.97. The fraction of sp³-hybridized carbons (Fsp3) is 0.300. The average molecular weight is 283 g/mol. The van der Waals surface area contributed by atoms with Gasteiger partial charge in [0.25, 0.3) is 12.3 Å². The predicted molar refractivity (Wildman–Crippen MR) is 57.6 cm³/mol. The van der Waals surface area contributed by atoms with E-state index in [0.717, 1.165) is 12.1 Å². The minimum atomic E-state index is -4.65. The van der Waals surface area contributed by atoms with Crippen LogP contribution >= 0.6 is 0 Å². The third-order valence-electron chi connectivity index (χ3n) is 2.16. The maximum absolute atomic E-state index is 12.5. The lowest BCUT2D eigenvalue weighted by molar-refractivity contribution is -0.137. The molecule has 4 N–H and O–H groups in total. The number of hydrazine groups is 1. The number of hydrogen-bond donors (Lipinski definition) is 3. The molecule has 9 heteroatoms. The van der Waals surface area contributed by atoms with Gasteiger partial charge in [0.05, 0.1) is 23.4 Å². The first-order chi connectivity index (χ1) is 8.75. The molecule has 0 spiro atoms. The molecular formula is C10H10F5N3O. The van der Waals surface area contributed by atoms with E-state index < -0.39 is 36.2 Å². The van der Waals surface area contributed by atoms with E-state index in [2.05, 4.69) is 0 Å². The minimum Gasteiger partial charge on any atom is -0.346 e. The van der Waals surface area contributed by atoms with Crippen LogP contribution in [0.5, 0.6) is 0 Å². The zero-order valence-corrected chi connectivity index (χ0v) is 9.39. The second-order valence-electron chi connectivity index (χ2n) is 3.50. The molecule has 0 aliphatic carbocycles. The van der Waals surface area contributed by atoms with Crippen molar-refractivity contribution < 1.29 is 26.7 Å². The van der Waals surface area contributed by atoms with Gasteiger partial charge in [-0.05, 0) is 18.2 Å². The van der Waals surface area contributed by atoms with Crippen LogP contribution in [-0.4, -0.2) is 18.9 Å². The zero-order valence-electron chi connectivity index (χ0n) is 9.39. The van der Waals surface area contributed by atoms with Crippen molar-refractivity contribution >= 4 is 11.6 Å². The van der Waals surface area contributed by atoms with Gasteiger partial charge in [-0.3, -0.25) is 10.6 Å². The van der Waals surface area contributed by atoms with Crippen molar-refractivity contribution in [3.63, 3.8) is 0 Å². The summed E-state index contributed by atoms with van der Waals surface area (Å²) in [5.41, 5.74) is 0.394. The molecule has 0 aromatic heterocycles. The van der Waals surface area contributed by atoms with Gasteiger partial charge >= 0.3 is 6.18 Å². The lowest BCUT2D eigenvalue weighted by Gasteiger charge is -2.13. The van der Waals surface area contributed by atoms with Crippen LogP contribution in [0, 0.1) is 0 Å². The molecule has 0 radical (unpaired) electrons. The molecule has 0 bridgehead atoms. The van der Waals surface area contributed by atoms with Crippen molar-refractivity contribution in [2.45, 2.75) is 12.6 Å². The van der Waals surface area contributed by atoms with Crippen molar-refractivity contribution in [1.82, 2.24) is 5.32 Å². The maximum Gasteiger partial charge on any atom is 0.416 e. The van der Waals surface area contributed by atoms with E-state index in [9.17, 15) is 26.7 Å². The second-order valence-corrected chi connectivity index (χ2v) is 3.50. The third-order valence-corrected chi connectivity index (χ3v) is 2.16. The average Bonchev–Trinajstić information content (AvgIpc) is 2.33. The lowest BCUT2D eigenvalue weighted by atomic mass is 10.1. The Kier molecular flexibility index (Phi) is 4.65. The number of carbonyl (C=O) groups is 1. The standard InChI is InChI=1S/C10H10F5N3O/c11-8(12)4-17-9(19)6-3-5(10(13,14)15)1-2-7(6)18-16/h1-3,8,18H,4,16H2,(H,17,19). The lowest BCUT2D eigenvalue weighted by Crippen LogP contribution is -2.30. The topological polar surface area (TPSA) is 67.1 Å². The van der Waals surface area contributed by atoms with Crippen molar-refractivity contribution in [3.05, 3.63) is 29.3 Å². The molecule has 0 heterocycles. The highest BCUT2D eigenvalue weighted by atomic mass is 19.4. The number of nitrogen functional groups attached to an aromatic ring is 1. The summed E-state index contributed by atoms with van der Waals surface area (Å²) in [6, 6.07) is 2.20. The number of carbonyl (C=O) groups excluding carboxylic acids is 1. The van der Waals surface area contributed by atoms with E-state index >= 15 is 0 Å². The van der Waals surface area contributed by atoms with Crippen LogP contribution in [0.2, 0.25) is 0 Å². The Balaban J connectivity index is 3.05.